The van der Waals surface area contributed by atoms with Crippen LogP contribution in [0.5, 0.6) is 17.2 Å². The van der Waals surface area contributed by atoms with Gasteiger partial charge in [0.2, 0.25) is 0 Å². The van der Waals surface area contributed by atoms with Crippen molar-refractivity contribution >= 4 is 6.03 Å². The highest BCUT2D eigenvalue weighted by Crippen LogP contribution is 2.31. The Bertz CT molecular complexity index is 858. The summed E-state index contributed by atoms with van der Waals surface area (Å²) in [6, 6.07) is 14.3. The minimum Gasteiger partial charge on any atom is -0.508 e. The van der Waals surface area contributed by atoms with Crippen LogP contribution in [0.2, 0.25) is 0 Å². The van der Waals surface area contributed by atoms with E-state index in [0.717, 1.165) is 18.6 Å². The summed E-state index contributed by atoms with van der Waals surface area (Å²) in [5.74, 6) is 2.02. The zero-order valence-corrected chi connectivity index (χ0v) is 22.2. The van der Waals surface area contributed by atoms with E-state index in [1.807, 2.05) is 19.1 Å². The molecule has 0 saturated carbocycles. The lowest BCUT2D eigenvalue weighted by atomic mass is 9.88. The molecular formula is C29H45N3O4. The van der Waals surface area contributed by atoms with Crippen molar-refractivity contribution in [1.29, 1.82) is 0 Å². The van der Waals surface area contributed by atoms with Crippen molar-refractivity contribution in [3.63, 3.8) is 0 Å². The fourth-order valence-electron chi connectivity index (χ4n) is 4.41. The van der Waals surface area contributed by atoms with Crippen molar-refractivity contribution in [1.82, 2.24) is 10.9 Å². The SMILES string of the molecule is CCCCCCCCCCC(CC(C)OC(C)NNC(N)=O)c1ccc(Oc2ccc(O)cc2)cc1. The predicted octanol–water partition coefficient (Wildman–Crippen LogP) is 7.11. The van der Waals surface area contributed by atoms with Crippen LogP contribution in [0.4, 0.5) is 4.79 Å². The number of rotatable bonds is 18. The van der Waals surface area contributed by atoms with Gasteiger partial charge in [-0.25, -0.2) is 10.2 Å². The molecule has 2 aromatic carbocycles. The maximum Gasteiger partial charge on any atom is 0.326 e. The smallest absolute Gasteiger partial charge is 0.326 e. The second-order valence-electron chi connectivity index (χ2n) is 9.58. The average Bonchev–Trinajstić information content (AvgIpc) is 2.85. The molecule has 0 aromatic heterocycles. The average molecular weight is 500 g/mol. The normalized spacial score (nSPS) is 13.6. The molecule has 7 heteroatoms. The fraction of sp³-hybridized carbons (Fsp3) is 0.552. The third kappa shape index (κ3) is 12.3. The van der Waals surface area contributed by atoms with Gasteiger partial charge in [0.1, 0.15) is 23.5 Å². The number of amides is 2. The lowest BCUT2D eigenvalue weighted by Crippen LogP contribution is -2.47. The first-order valence-electron chi connectivity index (χ1n) is 13.4. The van der Waals surface area contributed by atoms with E-state index in [4.69, 9.17) is 15.2 Å². The summed E-state index contributed by atoms with van der Waals surface area (Å²) < 4.78 is 11.9. The summed E-state index contributed by atoms with van der Waals surface area (Å²) in [4.78, 5) is 10.9. The maximum atomic E-state index is 10.9. The quantitative estimate of drug-likeness (QED) is 0.0993. The molecule has 0 heterocycles. The van der Waals surface area contributed by atoms with E-state index in [-0.39, 0.29) is 18.1 Å². The van der Waals surface area contributed by atoms with Crippen molar-refractivity contribution in [3.05, 3.63) is 54.1 Å². The Morgan fingerprint density at radius 2 is 1.44 bits per heavy atom. The number of primary amides is 1. The third-order valence-electron chi connectivity index (χ3n) is 6.28. The van der Waals surface area contributed by atoms with Gasteiger partial charge in [-0.1, -0.05) is 70.4 Å². The van der Waals surface area contributed by atoms with Gasteiger partial charge in [-0.3, -0.25) is 5.43 Å². The molecule has 200 valence electrons. The topological polar surface area (TPSA) is 106 Å². The number of hydrazine groups is 1. The van der Waals surface area contributed by atoms with E-state index in [9.17, 15) is 9.90 Å². The van der Waals surface area contributed by atoms with Crippen LogP contribution >= 0.6 is 0 Å². The van der Waals surface area contributed by atoms with Crippen molar-refractivity contribution in [2.75, 3.05) is 0 Å². The van der Waals surface area contributed by atoms with Gasteiger partial charge in [0.05, 0.1) is 6.10 Å². The summed E-state index contributed by atoms with van der Waals surface area (Å²) in [7, 11) is 0. The second-order valence-corrected chi connectivity index (χ2v) is 9.58. The van der Waals surface area contributed by atoms with E-state index >= 15 is 0 Å². The number of phenolic OH excluding ortho intramolecular Hbond substituents is 1. The zero-order valence-electron chi connectivity index (χ0n) is 22.2. The van der Waals surface area contributed by atoms with Crippen molar-refractivity contribution < 1.29 is 19.4 Å². The lowest BCUT2D eigenvalue weighted by molar-refractivity contribution is -0.0224. The molecule has 2 rings (SSSR count). The van der Waals surface area contributed by atoms with Gasteiger partial charge in [-0.15, -0.1) is 0 Å². The zero-order chi connectivity index (χ0) is 26.2. The largest absolute Gasteiger partial charge is 0.508 e. The Hall–Kier alpha value is -2.77. The molecule has 0 aliphatic heterocycles. The van der Waals surface area contributed by atoms with Crippen LogP contribution in [0.1, 0.15) is 96.5 Å². The highest BCUT2D eigenvalue weighted by atomic mass is 16.5. The van der Waals surface area contributed by atoms with Crippen molar-refractivity contribution in [3.8, 4) is 17.2 Å². The molecule has 36 heavy (non-hydrogen) atoms. The number of urea groups is 1. The van der Waals surface area contributed by atoms with Crippen LogP contribution in [0.3, 0.4) is 0 Å². The number of ether oxygens (including phenoxy) is 2. The molecule has 0 aliphatic carbocycles. The Morgan fingerprint density at radius 3 is 2.03 bits per heavy atom. The summed E-state index contributed by atoms with van der Waals surface area (Å²) in [5, 5.41) is 9.46. The number of unbranched alkanes of at least 4 members (excludes halogenated alkanes) is 7. The van der Waals surface area contributed by atoms with E-state index < -0.39 is 6.03 Å². The van der Waals surface area contributed by atoms with Crippen LogP contribution in [-0.2, 0) is 4.74 Å². The van der Waals surface area contributed by atoms with E-state index in [1.165, 1.54) is 56.9 Å². The maximum absolute atomic E-state index is 10.9. The molecule has 2 aromatic rings. The number of carbonyl (C=O) groups excluding carboxylic acids is 1. The van der Waals surface area contributed by atoms with Crippen LogP contribution < -0.4 is 21.3 Å². The molecule has 3 unspecified atom stereocenters. The summed E-state index contributed by atoms with van der Waals surface area (Å²) in [6.45, 7) is 6.16. The van der Waals surface area contributed by atoms with Gasteiger partial charge >= 0.3 is 6.03 Å². The lowest BCUT2D eigenvalue weighted by Gasteiger charge is -2.25. The molecule has 0 fully saturated rings. The van der Waals surface area contributed by atoms with Gasteiger partial charge in [-0.05, 0) is 74.6 Å². The minimum atomic E-state index is -0.639. The highest BCUT2D eigenvalue weighted by molar-refractivity contribution is 5.70. The number of hydrogen-bond acceptors (Lipinski definition) is 5. The molecule has 0 radical (unpaired) electrons. The summed E-state index contributed by atoms with van der Waals surface area (Å²) in [5.41, 5.74) is 11.5. The van der Waals surface area contributed by atoms with Crippen molar-refractivity contribution in [2.24, 2.45) is 5.73 Å². The van der Waals surface area contributed by atoms with Crippen LogP contribution in [0, 0.1) is 0 Å². The van der Waals surface area contributed by atoms with Crippen LogP contribution in [-0.4, -0.2) is 23.5 Å². The predicted molar refractivity (Wildman–Crippen MR) is 145 cm³/mol. The monoisotopic (exact) mass is 499 g/mol. The second kappa shape index (κ2) is 16.8. The summed E-state index contributed by atoms with van der Waals surface area (Å²) >= 11 is 0. The molecule has 0 aliphatic rings. The molecular weight excluding hydrogens is 454 g/mol. The first-order valence-corrected chi connectivity index (χ1v) is 13.4. The number of phenols is 1. The van der Waals surface area contributed by atoms with E-state index in [0.29, 0.717) is 11.7 Å². The van der Waals surface area contributed by atoms with Crippen LogP contribution in [0.25, 0.3) is 0 Å². The number of hydrogen-bond donors (Lipinski definition) is 4. The fourth-order valence-corrected chi connectivity index (χ4v) is 4.41. The standard InChI is InChI=1S/C29H45N3O4/c1-4-5-6-7-8-9-10-11-12-25(21-22(2)35-23(3)31-32-29(30)34)24-13-17-27(18-14-24)36-28-19-15-26(33)16-20-28/h13-20,22-23,25,31,33H,4-12,21H2,1-3H3,(H3,30,32,34). The molecule has 0 spiro atoms. The van der Waals surface area contributed by atoms with Crippen LogP contribution in [0.15, 0.2) is 48.5 Å². The Kier molecular flexibility index (Phi) is 13.8. The molecule has 3 atom stereocenters. The number of nitrogens with one attached hydrogen (secondary N) is 2. The molecule has 5 N–H and O–H groups in total. The van der Waals surface area contributed by atoms with Gasteiger partial charge in [-0.2, -0.15) is 0 Å². The summed E-state index contributed by atoms with van der Waals surface area (Å²) in [6.07, 6.45) is 12.0. The van der Waals surface area contributed by atoms with E-state index in [2.05, 4.69) is 36.8 Å². The van der Waals surface area contributed by atoms with Gasteiger partial charge in [0.25, 0.3) is 0 Å². The molecule has 2 amide bonds. The number of benzene rings is 2. The van der Waals surface area contributed by atoms with Gasteiger partial charge < -0.3 is 20.3 Å². The van der Waals surface area contributed by atoms with Crippen molar-refractivity contribution in [2.45, 2.75) is 103 Å². The molecule has 7 nitrogen and oxygen atoms in total. The molecule has 0 bridgehead atoms. The first kappa shape index (κ1) is 29.5. The Morgan fingerprint density at radius 1 is 0.889 bits per heavy atom. The number of nitrogens with two attached hydrogens (primary N) is 1. The number of aromatic hydroxyl groups is 1. The van der Waals surface area contributed by atoms with Gasteiger partial charge in [0, 0.05) is 0 Å². The van der Waals surface area contributed by atoms with Gasteiger partial charge in [0.15, 0.2) is 0 Å². The number of carbonyl (C=O) groups is 1. The van der Waals surface area contributed by atoms with E-state index in [1.54, 1.807) is 24.3 Å². The minimum absolute atomic E-state index is 0.00542. The highest BCUT2D eigenvalue weighted by Gasteiger charge is 2.18. The third-order valence-corrected chi connectivity index (χ3v) is 6.28. The Balaban J connectivity index is 1.93. The first-order chi connectivity index (χ1) is 17.4. The Labute approximate surface area is 216 Å². The molecule has 0 saturated heterocycles.